The normalized spacial score (nSPS) is 20.6. The van der Waals surface area contributed by atoms with Crippen molar-refractivity contribution in [3.8, 4) is 0 Å². The van der Waals surface area contributed by atoms with E-state index in [1.807, 2.05) is 0 Å². The van der Waals surface area contributed by atoms with E-state index >= 15 is 0 Å². The molecule has 0 saturated carbocycles. The summed E-state index contributed by atoms with van der Waals surface area (Å²) in [5, 5.41) is 23.6. The van der Waals surface area contributed by atoms with Crippen LogP contribution >= 0.6 is 0 Å². The zero-order valence-corrected chi connectivity index (χ0v) is 28.8. The number of nitrogens with zero attached hydrogens (tertiary/aromatic N) is 4. The number of carbonyl (C=O) groups is 6. The Morgan fingerprint density at radius 3 is 1.06 bits per heavy atom. The first-order valence-corrected chi connectivity index (χ1v) is 17.1. The molecule has 0 aliphatic carbocycles. The molecular weight excluding hydrogens is 688 g/mol. The summed E-state index contributed by atoms with van der Waals surface area (Å²) in [6.45, 7) is -0.763. The highest BCUT2D eigenvalue weighted by Crippen LogP contribution is 2.33. The first-order valence-electron chi connectivity index (χ1n) is 17.1. The summed E-state index contributed by atoms with van der Waals surface area (Å²) in [6.07, 6.45) is -0.777. The predicted octanol–water partition coefficient (Wildman–Crippen LogP) is 4.63. The van der Waals surface area contributed by atoms with Gasteiger partial charge < -0.3 is 10.2 Å². The lowest BCUT2D eigenvalue weighted by atomic mass is 9.89. The zero-order valence-electron chi connectivity index (χ0n) is 28.8. The molecule has 2 fully saturated rings. The highest BCUT2D eigenvalue weighted by molar-refractivity contribution is 6.32. The molecule has 5 aromatic carbocycles. The zero-order chi connectivity index (χ0) is 38.0. The van der Waals surface area contributed by atoms with Crippen molar-refractivity contribution in [3.05, 3.63) is 168 Å². The van der Waals surface area contributed by atoms with E-state index in [9.17, 15) is 39.0 Å². The van der Waals surface area contributed by atoms with Crippen LogP contribution in [0, 0.1) is 0 Å². The van der Waals surface area contributed by atoms with Crippen LogP contribution in [0.5, 0.6) is 0 Å². The largest absolute Gasteiger partial charge is 0.371 e. The van der Waals surface area contributed by atoms with Crippen LogP contribution in [0.25, 0.3) is 0 Å². The fourth-order valence-electron chi connectivity index (χ4n) is 6.75. The van der Waals surface area contributed by atoms with Crippen LogP contribution in [0.15, 0.2) is 146 Å². The number of urea groups is 2. The fourth-order valence-corrected chi connectivity index (χ4v) is 6.75. The molecule has 2 aliphatic rings. The van der Waals surface area contributed by atoms with E-state index in [1.165, 1.54) is 24.3 Å². The van der Waals surface area contributed by atoms with Crippen molar-refractivity contribution in [3.63, 3.8) is 0 Å². The maximum Gasteiger partial charge on any atom is 0.338 e. The Hall–Kier alpha value is -6.76. The molecule has 5 aromatic rings. The average Bonchev–Trinajstić information content (AvgIpc) is 3.19. The second-order valence-corrected chi connectivity index (χ2v) is 13.2. The van der Waals surface area contributed by atoms with Gasteiger partial charge in [0, 0.05) is 12.8 Å². The van der Waals surface area contributed by atoms with Crippen molar-refractivity contribution in [1.29, 1.82) is 0 Å². The molecule has 270 valence electrons. The molecule has 2 saturated heterocycles. The molecule has 2 N–H and O–H groups in total. The number of barbiturate groups is 2. The lowest BCUT2D eigenvalue weighted by molar-refractivity contribution is -0.161. The second kappa shape index (κ2) is 14.3. The van der Waals surface area contributed by atoms with E-state index in [-0.39, 0.29) is 37.3 Å². The van der Waals surface area contributed by atoms with Crippen LogP contribution in [0.4, 0.5) is 21.0 Å². The van der Waals surface area contributed by atoms with Gasteiger partial charge in [-0.1, -0.05) is 121 Å². The summed E-state index contributed by atoms with van der Waals surface area (Å²) in [7, 11) is 0. The van der Waals surface area contributed by atoms with Gasteiger partial charge in [-0.05, 0) is 46.5 Å². The molecule has 2 aliphatic heterocycles. The predicted molar refractivity (Wildman–Crippen MR) is 196 cm³/mol. The van der Waals surface area contributed by atoms with E-state index in [0.29, 0.717) is 22.3 Å². The van der Waals surface area contributed by atoms with Crippen LogP contribution in [-0.2, 0) is 45.1 Å². The number of carbonyl (C=O) groups excluding carboxylic acids is 6. The number of anilines is 2. The van der Waals surface area contributed by atoms with Crippen LogP contribution < -0.4 is 9.80 Å². The van der Waals surface area contributed by atoms with Gasteiger partial charge in [0.25, 0.3) is 23.6 Å². The van der Waals surface area contributed by atoms with Gasteiger partial charge in [0.05, 0.1) is 24.5 Å². The maximum absolute atomic E-state index is 14.0. The van der Waals surface area contributed by atoms with E-state index in [0.717, 1.165) is 19.6 Å². The van der Waals surface area contributed by atoms with Crippen LogP contribution in [0.1, 0.15) is 22.3 Å². The molecule has 2 unspecified atom stereocenters. The number of para-hydroxylation sites is 2. The minimum Gasteiger partial charge on any atom is -0.371 e. The van der Waals surface area contributed by atoms with Gasteiger partial charge >= 0.3 is 12.1 Å². The summed E-state index contributed by atoms with van der Waals surface area (Å²) in [5.74, 6) is -4.38. The first-order chi connectivity index (χ1) is 26.0. The Kier molecular flexibility index (Phi) is 9.46. The van der Waals surface area contributed by atoms with Gasteiger partial charge in [0.2, 0.25) is 11.2 Å². The lowest BCUT2D eigenvalue weighted by Gasteiger charge is -2.41. The summed E-state index contributed by atoms with van der Waals surface area (Å²) in [5.41, 5.74) is -3.19. The minimum absolute atomic E-state index is 0.160. The van der Waals surface area contributed by atoms with Gasteiger partial charge in [-0.3, -0.25) is 29.0 Å². The Bertz CT molecular complexity index is 2100. The average molecular weight is 723 g/mol. The highest BCUT2D eigenvalue weighted by Gasteiger charge is 2.58. The van der Waals surface area contributed by atoms with Crippen LogP contribution in [-0.4, -0.2) is 66.9 Å². The van der Waals surface area contributed by atoms with E-state index in [2.05, 4.69) is 0 Å². The Morgan fingerprint density at radius 1 is 0.389 bits per heavy atom. The molecule has 12 nitrogen and oxygen atoms in total. The van der Waals surface area contributed by atoms with Crippen LogP contribution in [0.2, 0.25) is 0 Å². The molecule has 0 radical (unpaired) electrons. The molecule has 2 atom stereocenters. The van der Waals surface area contributed by atoms with Gasteiger partial charge in [0.1, 0.15) is 0 Å². The number of amides is 8. The molecule has 0 spiro atoms. The minimum atomic E-state index is -2.62. The Morgan fingerprint density at radius 2 is 0.704 bits per heavy atom. The van der Waals surface area contributed by atoms with Crippen molar-refractivity contribution >= 4 is 47.1 Å². The SMILES string of the molecule is O=C1N(Cc2cccc(CN3C(=O)N(c4ccccc4)C(=O)C(O)(Cc4ccccc4)C3=O)c2)C(=O)C(O)(Cc2ccccc2)C(=O)N1c1ccccc1. The van der Waals surface area contributed by atoms with E-state index < -0.39 is 46.9 Å². The summed E-state index contributed by atoms with van der Waals surface area (Å²) >= 11 is 0. The third-order valence-electron chi connectivity index (χ3n) is 9.46. The van der Waals surface area contributed by atoms with Crippen molar-refractivity contribution < 1.29 is 39.0 Å². The number of benzene rings is 5. The highest BCUT2D eigenvalue weighted by atomic mass is 16.3. The summed E-state index contributed by atoms with van der Waals surface area (Å²) in [4.78, 5) is 86.7. The number of rotatable bonds is 10. The third kappa shape index (κ3) is 6.44. The van der Waals surface area contributed by atoms with E-state index in [1.54, 1.807) is 121 Å². The standard InChI is InChI=1S/C42H34N4O8/c47-35-41(53,25-29-14-5-1-6-15-29)37(49)45(33-20-9-3-10-21-33)39(51)43(35)27-31-18-13-19-32(24-31)28-44-36(48)42(54,26-30-16-7-2-8-17-30)38(50)46(40(44)52)34-22-11-4-12-23-34/h1-24,53-54H,25-28H2. The number of hydrogen-bond donors (Lipinski definition) is 2. The molecule has 8 amide bonds. The van der Waals surface area contributed by atoms with Crippen molar-refractivity contribution in [2.24, 2.45) is 0 Å². The number of imide groups is 4. The quantitative estimate of drug-likeness (QED) is 0.198. The summed E-state index contributed by atoms with van der Waals surface area (Å²) in [6, 6.07) is 37.3. The van der Waals surface area contributed by atoms with Crippen molar-refractivity contribution in [2.45, 2.75) is 37.1 Å². The first kappa shape index (κ1) is 35.6. The second-order valence-electron chi connectivity index (χ2n) is 13.2. The lowest BCUT2D eigenvalue weighted by Crippen LogP contribution is -2.70. The number of hydrogen-bond acceptors (Lipinski definition) is 8. The smallest absolute Gasteiger partial charge is 0.338 e. The topological polar surface area (TPSA) is 156 Å². The Labute approximate surface area is 310 Å². The van der Waals surface area contributed by atoms with Gasteiger partial charge in [0.15, 0.2) is 0 Å². The molecule has 0 bridgehead atoms. The van der Waals surface area contributed by atoms with Gasteiger partial charge in [-0.25, -0.2) is 19.4 Å². The van der Waals surface area contributed by atoms with Gasteiger partial charge in [-0.15, -0.1) is 0 Å². The van der Waals surface area contributed by atoms with E-state index in [4.69, 9.17) is 0 Å². The maximum atomic E-state index is 14.0. The van der Waals surface area contributed by atoms with Crippen LogP contribution in [0.3, 0.4) is 0 Å². The monoisotopic (exact) mass is 722 g/mol. The Balaban J connectivity index is 1.21. The fraction of sp³-hybridized carbons (Fsp3) is 0.143. The van der Waals surface area contributed by atoms with Crippen molar-refractivity contribution in [1.82, 2.24) is 9.80 Å². The molecule has 12 heteroatoms. The van der Waals surface area contributed by atoms with Crippen molar-refractivity contribution in [2.75, 3.05) is 9.80 Å². The molecule has 54 heavy (non-hydrogen) atoms. The number of aliphatic hydroxyl groups is 2. The van der Waals surface area contributed by atoms with Gasteiger partial charge in [-0.2, -0.15) is 0 Å². The molecular formula is C42H34N4O8. The molecule has 0 aromatic heterocycles. The molecule has 2 heterocycles. The third-order valence-corrected chi connectivity index (χ3v) is 9.46. The molecule has 7 rings (SSSR count). The summed E-state index contributed by atoms with van der Waals surface area (Å²) < 4.78 is 0.